The Labute approximate surface area is 143 Å². The third-order valence-corrected chi connectivity index (χ3v) is 3.31. The summed E-state index contributed by atoms with van der Waals surface area (Å²) in [6.07, 6.45) is 1.39. The van der Waals surface area contributed by atoms with Crippen LogP contribution in [0.4, 0.5) is 10.1 Å². The van der Waals surface area contributed by atoms with Gasteiger partial charge in [-0.3, -0.25) is 14.4 Å². The molecule has 0 saturated carbocycles. The molecule has 25 heavy (non-hydrogen) atoms. The summed E-state index contributed by atoms with van der Waals surface area (Å²) in [5.74, 6) is -1.62. The van der Waals surface area contributed by atoms with Gasteiger partial charge in [0.15, 0.2) is 18.2 Å². The van der Waals surface area contributed by atoms with Crippen molar-refractivity contribution in [3.63, 3.8) is 0 Å². The largest absolute Gasteiger partial charge is 0.481 e. The monoisotopic (exact) mass is 347 g/mol. The van der Waals surface area contributed by atoms with Crippen molar-refractivity contribution in [3.05, 3.63) is 58.3 Å². The molecule has 0 bridgehead atoms. The molecule has 7 nitrogen and oxygen atoms in total. The van der Waals surface area contributed by atoms with E-state index in [9.17, 15) is 18.8 Å². The molecule has 2 amide bonds. The quantitative estimate of drug-likeness (QED) is 0.883. The van der Waals surface area contributed by atoms with Crippen LogP contribution in [0, 0.1) is 5.82 Å². The van der Waals surface area contributed by atoms with Crippen LogP contribution in [0.2, 0.25) is 0 Å². The van der Waals surface area contributed by atoms with E-state index in [0.717, 1.165) is 0 Å². The number of carbonyl (C=O) groups excluding carboxylic acids is 2. The number of carbonyl (C=O) groups is 2. The maximum absolute atomic E-state index is 13.4. The fraction of sp³-hybridized carbons (Fsp3) is 0.235. The number of hydrogen-bond acceptors (Lipinski definition) is 4. The zero-order valence-electron chi connectivity index (χ0n) is 14.1. The number of rotatable bonds is 5. The van der Waals surface area contributed by atoms with Crippen molar-refractivity contribution in [2.45, 2.75) is 0 Å². The molecule has 132 valence electrons. The zero-order valence-corrected chi connectivity index (χ0v) is 14.1. The molecule has 0 aliphatic carbocycles. The Morgan fingerprint density at radius 3 is 2.60 bits per heavy atom. The maximum atomic E-state index is 13.4. The highest BCUT2D eigenvalue weighted by Crippen LogP contribution is 2.15. The first-order valence-electron chi connectivity index (χ1n) is 7.39. The lowest BCUT2D eigenvalue weighted by atomic mass is 10.2. The Morgan fingerprint density at radius 1 is 1.28 bits per heavy atom. The minimum atomic E-state index is -0.644. The molecule has 0 radical (unpaired) electrons. The highest BCUT2D eigenvalue weighted by molar-refractivity contribution is 5.96. The molecule has 1 heterocycles. The molecule has 2 aromatic rings. The molecular weight excluding hydrogens is 329 g/mol. The van der Waals surface area contributed by atoms with Crippen LogP contribution in [0.25, 0.3) is 0 Å². The number of amides is 2. The van der Waals surface area contributed by atoms with E-state index in [1.807, 2.05) is 0 Å². The van der Waals surface area contributed by atoms with Crippen LogP contribution >= 0.6 is 0 Å². The summed E-state index contributed by atoms with van der Waals surface area (Å²) in [4.78, 5) is 37.5. The number of halogens is 1. The number of aryl methyl sites for hydroxylation is 1. The number of hydrogen-bond donors (Lipinski definition) is 1. The number of ether oxygens (including phenoxy) is 1. The van der Waals surface area contributed by atoms with Crippen LogP contribution < -0.4 is 15.6 Å². The summed E-state index contributed by atoms with van der Waals surface area (Å²) in [6, 6.07) is 6.96. The van der Waals surface area contributed by atoms with Crippen LogP contribution in [0.1, 0.15) is 10.4 Å². The predicted molar refractivity (Wildman–Crippen MR) is 90.2 cm³/mol. The van der Waals surface area contributed by atoms with Crippen molar-refractivity contribution in [1.82, 2.24) is 9.47 Å². The van der Waals surface area contributed by atoms with Crippen molar-refractivity contribution in [2.24, 2.45) is 7.05 Å². The van der Waals surface area contributed by atoms with Crippen molar-refractivity contribution in [2.75, 3.05) is 26.0 Å². The number of anilines is 1. The fourth-order valence-corrected chi connectivity index (χ4v) is 2.07. The molecule has 8 heteroatoms. The van der Waals surface area contributed by atoms with Gasteiger partial charge in [0.25, 0.3) is 17.4 Å². The van der Waals surface area contributed by atoms with Crippen molar-refractivity contribution < 1.29 is 18.7 Å². The van der Waals surface area contributed by atoms with E-state index < -0.39 is 23.9 Å². The fourth-order valence-electron chi connectivity index (χ4n) is 2.07. The van der Waals surface area contributed by atoms with Gasteiger partial charge in [-0.15, -0.1) is 0 Å². The molecule has 2 rings (SSSR count). The normalized spacial score (nSPS) is 10.2. The maximum Gasteiger partial charge on any atom is 0.274 e. The van der Waals surface area contributed by atoms with Gasteiger partial charge in [0.05, 0.1) is 5.56 Å². The summed E-state index contributed by atoms with van der Waals surface area (Å²) in [7, 11) is 4.63. The average Bonchev–Trinajstić information content (AvgIpc) is 2.57. The number of aromatic nitrogens is 1. The van der Waals surface area contributed by atoms with Gasteiger partial charge in [-0.05, 0) is 18.2 Å². The first-order chi connectivity index (χ1) is 11.8. The van der Waals surface area contributed by atoms with Gasteiger partial charge in [-0.1, -0.05) is 12.1 Å². The Kier molecular flexibility index (Phi) is 5.53. The van der Waals surface area contributed by atoms with E-state index in [1.165, 1.54) is 47.0 Å². The predicted octanol–water partition coefficient (Wildman–Crippen LogP) is 1.24. The SMILES string of the molecule is CN(C)C(=O)c1cc(NC(=O)COc2ccccc2F)c(=O)n(C)c1. The molecule has 0 spiro atoms. The van der Waals surface area contributed by atoms with Crippen LogP contribution in [0.15, 0.2) is 41.3 Å². The molecule has 0 aliphatic rings. The lowest BCUT2D eigenvalue weighted by Gasteiger charge is -2.13. The molecular formula is C17H18FN3O4. The molecule has 0 unspecified atom stereocenters. The highest BCUT2D eigenvalue weighted by atomic mass is 19.1. The second-order valence-electron chi connectivity index (χ2n) is 5.53. The van der Waals surface area contributed by atoms with Crippen molar-refractivity contribution >= 4 is 17.5 Å². The van der Waals surface area contributed by atoms with E-state index in [2.05, 4.69) is 5.32 Å². The van der Waals surface area contributed by atoms with Gasteiger partial charge >= 0.3 is 0 Å². The molecule has 0 fully saturated rings. The van der Waals surface area contributed by atoms with E-state index in [1.54, 1.807) is 20.2 Å². The Hall–Kier alpha value is -3.16. The van der Waals surface area contributed by atoms with Crippen LogP contribution in [0.3, 0.4) is 0 Å². The average molecular weight is 347 g/mol. The van der Waals surface area contributed by atoms with Crippen molar-refractivity contribution in [1.29, 1.82) is 0 Å². The van der Waals surface area contributed by atoms with Gasteiger partial charge in [0, 0.05) is 27.3 Å². The lowest BCUT2D eigenvalue weighted by molar-refractivity contribution is -0.118. The topological polar surface area (TPSA) is 80.6 Å². The molecule has 1 aromatic carbocycles. The first kappa shape index (κ1) is 18.2. The number of nitrogens with zero attached hydrogens (tertiary/aromatic N) is 2. The van der Waals surface area contributed by atoms with Gasteiger partial charge in [-0.2, -0.15) is 0 Å². The first-order valence-corrected chi connectivity index (χ1v) is 7.39. The van der Waals surface area contributed by atoms with E-state index >= 15 is 0 Å². The van der Waals surface area contributed by atoms with Gasteiger partial charge in [0.1, 0.15) is 5.69 Å². The van der Waals surface area contributed by atoms with E-state index in [-0.39, 0.29) is 22.9 Å². The number of nitrogens with one attached hydrogen (secondary N) is 1. The molecule has 1 N–H and O–H groups in total. The number of para-hydroxylation sites is 1. The zero-order chi connectivity index (χ0) is 18.6. The smallest absolute Gasteiger partial charge is 0.274 e. The van der Waals surface area contributed by atoms with Gasteiger partial charge in [0.2, 0.25) is 0 Å². The summed E-state index contributed by atoms with van der Waals surface area (Å²) in [5, 5.41) is 2.38. The summed E-state index contributed by atoms with van der Waals surface area (Å²) >= 11 is 0. The second-order valence-corrected chi connectivity index (χ2v) is 5.53. The van der Waals surface area contributed by atoms with Crippen LogP contribution in [-0.4, -0.2) is 42.0 Å². The van der Waals surface area contributed by atoms with E-state index in [4.69, 9.17) is 4.74 Å². The number of pyridine rings is 1. The standard InChI is InChI=1S/C17H18FN3O4/c1-20(2)16(23)11-8-13(17(24)21(3)9-11)19-15(22)10-25-14-7-5-4-6-12(14)18/h4-9H,10H2,1-3H3,(H,19,22). The van der Waals surface area contributed by atoms with Crippen molar-refractivity contribution in [3.8, 4) is 5.75 Å². The minimum absolute atomic E-state index is 0.0580. The Bertz CT molecular complexity index is 861. The molecule has 0 aliphatic heterocycles. The third kappa shape index (κ3) is 4.43. The van der Waals surface area contributed by atoms with E-state index in [0.29, 0.717) is 0 Å². The number of benzene rings is 1. The van der Waals surface area contributed by atoms with Gasteiger partial charge < -0.3 is 19.5 Å². The lowest BCUT2D eigenvalue weighted by Crippen LogP contribution is -2.29. The van der Waals surface area contributed by atoms with Crippen LogP contribution in [0.5, 0.6) is 5.75 Å². The summed E-state index contributed by atoms with van der Waals surface area (Å²) in [6.45, 7) is -0.476. The summed E-state index contributed by atoms with van der Waals surface area (Å²) < 4.78 is 19.7. The second kappa shape index (κ2) is 7.61. The molecule has 0 saturated heterocycles. The Morgan fingerprint density at radius 2 is 1.96 bits per heavy atom. The minimum Gasteiger partial charge on any atom is -0.481 e. The molecule has 0 atom stereocenters. The third-order valence-electron chi connectivity index (χ3n) is 3.31. The highest BCUT2D eigenvalue weighted by Gasteiger charge is 2.15. The Balaban J connectivity index is 2.13. The summed E-state index contributed by atoms with van der Waals surface area (Å²) in [5.41, 5.74) is -0.288. The van der Waals surface area contributed by atoms with Gasteiger partial charge in [-0.25, -0.2) is 4.39 Å². The van der Waals surface area contributed by atoms with Crippen LogP contribution in [-0.2, 0) is 11.8 Å². The molecule has 1 aromatic heterocycles.